The summed E-state index contributed by atoms with van der Waals surface area (Å²) in [6.45, 7) is 0.584. The predicted molar refractivity (Wildman–Crippen MR) is 109 cm³/mol. The molecule has 0 bridgehead atoms. The molecule has 0 fully saturated rings. The molecule has 0 atom stereocenters. The third-order valence-corrected chi connectivity index (χ3v) is 4.05. The summed E-state index contributed by atoms with van der Waals surface area (Å²) in [6, 6.07) is 15.6. The van der Waals surface area contributed by atoms with Gasteiger partial charge in [-0.15, -0.1) is 0 Å². The number of carbonyl (C=O) groups excluding carboxylic acids is 2. The molecule has 0 aliphatic carbocycles. The van der Waals surface area contributed by atoms with Crippen molar-refractivity contribution in [3.8, 4) is 5.69 Å². The number of amides is 2. The summed E-state index contributed by atoms with van der Waals surface area (Å²) in [4.78, 5) is 23.7. The highest BCUT2D eigenvalue weighted by Crippen LogP contribution is 2.08. The van der Waals surface area contributed by atoms with Crippen molar-refractivity contribution in [3.63, 3.8) is 0 Å². The van der Waals surface area contributed by atoms with E-state index in [0.29, 0.717) is 18.7 Å². The van der Waals surface area contributed by atoms with E-state index in [9.17, 15) is 14.0 Å². The lowest BCUT2D eigenvalue weighted by molar-refractivity contribution is -0.121. The number of halogens is 1. The van der Waals surface area contributed by atoms with Gasteiger partial charge in [0.1, 0.15) is 5.82 Å². The Hall–Kier alpha value is -3.74. The number of nitrogens with zero attached hydrogens (tertiary/aromatic N) is 2. The normalized spacial score (nSPS) is 10.8. The Bertz CT molecular complexity index is 999. The quantitative estimate of drug-likeness (QED) is 0.457. The maximum atomic E-state index is 13.1. The van der Waals surface area contributed by atoms with Gasteiger partial charge in [-0.25, -0.2) is 9.07 Å². The Morgan fingerprint density at radius 3 is 2.62 bits per heavy atom. The van der Waals surface area contributed by atoms with Crippen LogP contribution in [0.25, 0.3) is 11.8 Å². The van der Waals surface area contributed by atoms with E-state index >= 15 is 0 Å². The van der Waals surface area contributed by atoms with Crippen LogP contribution < -0.4 is 10.6 Å². The molecule has 2 N–H and O–H groups in total. The van der Waals surface area contributed by atoms with E-state index in [1.165, 1.54) is 18.2 Å². The number of carbonyl (C=O) groups is 2. The first-order chi connectivity index (χ1) is 14.1. The van der Waals surface area contributed by atoms with Crippen LogP contribution in [0, 0.1) is 5.82 Å². The zero-order valence-corrected chi connectivity index (χ0v) is 15.7. The fourth-order valence-corrected chi connectivity index (χ4v) is 2.66. The Morgan fingerprint density at radius 2 is 1.83 bits per heavy atom. The molecular weight excluding hydrogens is 371 g/mol. The van der Waals surface area contributed by atoms with Gasteiger partial charge in [0, 0.05) is 30.9 Å². The number of para-hydroxylation sites is 1. The van der Waals surface area contributed by atoms with Gasteiger partial charge in [0.05, 0.1) is 18.3 Å². The lowest BCUT2D eigenvalue weighted by Crippen LogP contribution is -2.34. The molecule has 0 spiro atoms. The van der Waals surface area contributed by atoms with Gasteiger partial charge in [-0.3, -0.25) is 9.59 Å². The second-order valence-electron chi connectivity index (χ2n) is 6.33. The molecule has 2 amide bonds. The molecule has 7 heteroatoms. The van der Waals surface area contributed by atoms with Gasteiger partial charge in [-0.05, 0) is 35.9 Å². The lowest BCUT2D eigenvalue weighted by atomic mass is 10.1. The number of hydrogen-bond acceptors (Lipinski definition) is 3. The molecule has 0 unspecified atom stereocenters. The van der Waals surface area contributed by atoms with Crippen LogP contribution in [0.2, 0.25) is 0 Å². The third kappa shape index (κ3) is 6.42. The topological polar surface area (TPSA) is 76.0 Å². The Labute approximate surface area is 168 Å². The highest BCUT2D eigenvalue weighted by Gasteiger charge is 2.04. The van der Waals surface area contributed by atoms with Crippen molar-refractivity contribution in [3.05, 3.63) is 90.0 Å². The first kappa shape index (κ1) is 20.0. The summed E-state index contributed by atoms with van der Waals surface area (Å²) in [7, 11) is 0. The Kier molecular flexibility index (Phi) is 6.89. The van der Waals surface area contributed by atoms with Crippen LogP contribution >= 0.6 is 0 Å². The van der Waals surface area contributed by atoms with Crippen molar-refractivity contribution < 1.29 is 14.0 Å². The largest absolute Gasteiger partial charge is 0.354 e. The molecule has 0 saturated heterocycles. The average Bonchev–Trinajstić information content (AvgIpc) is 3.19. The molecule has 6 nitrogen and oxygen atoms in total. The number of rotatable bonds is 8. The summed E-state index contributed by atoms with van der Waals surface area (Å²) in [6.07, 6.45) is 6.68. The van der Waals surface area contributed by atoms with Crippen LogP contribution in [0.1, 0.15) is 11.1 Å². The van der Waals surface area contributed by atoms with Crippen LogP contribution in [0.15, 0.2) is 73.1 Å². The molecular formula is C22H21FN4O2. The standard InChI is InChI=1S/C22H21FN4O2/c23-19-6-4-5-17(13-19)14-22(29)25-12-11-24-21(28)10-9-18-15-26-27(16-18)20-7-2-1-3-8-20/h1-10,13,15-16H,11-12,14H2,(H,24,28)(H,25,29)/b10-9+. The van der Waals surface area contributed by atoms with Crippen molar-refractivity contribution >= 4 is 17.9 Å². The van der Waals surface area contributed by atoms with Crippen LogP contribution in [0.3, 0.4) is 0 Å². The fourth-order valence-electron chi connectivity index (χ4n) is 2.66. The van der Waals surface area contributed by atoms with Gasteiger partial charge >= 0.3 is 0 Å². The van der Waals surface area contributed by atoms with Crippen molar-refractivity contribution in [2.45, 2.75) is 6.42 Å². The Morgan fingerprint density at radius 1 is 1.03 bits per heavy atom. The SMILES string of the molecule is O=C(/C=C/c1cnn(-c2ccccc2)c1)NCCNC(=O)Cc1cccc(F)c1. The van der Waals surface area contributed by atoms with E-state index in [2.05, 4.69) is 15.7 Å². The van der Waals surface area contributed by atoms with Crippen LogP contribution in [0.4, 0.5) is 4.39 Å². The summed E-state index contributed by atoms with van der Waals surface area (Å²) in [5.41, 5.74) is 2.34. The van der Waals surface area contributed by atoms with E-state index in [1.54, 1.807) is 29.1 Å². The molecule has 29 heavy (non-hydrogen) atoms. The van der Waals surface area contributed by atoms with Gasteiger partial charge in [0.15, 0.2) is 0 Å². The highest BCUT2D eigenvalue weighted by molar-refractivity contribution is 5.91. The molecule has 0 radical (unpaired) electrons. The molecule has 3 aromatic rings. The molecule has 3 rings (SSSR count). The monoisotopic (exact) mass is 392 g/mol. The minimum Gasteiger partial charge on any atom is -0.354 e. The van der Waals surface area contributed by atoms with Crippen LogP contribution in [-0.4, -0.2) is 34.7 Å². The maximum Gasteiger partial charge on any atom is 0.244 e. The zero-order chi connectivity index (χ0) is 20.5. The lowest BCUT2D eigenvalue weighted by Gasteiger charge is -2.06. The summed E-state index contributed by atoms with van der Waals surface area (Å²) in [5.74, 6) is -0.866. The Balaban J connectivity index is 1.38. The minimum atomic E-state index is -0.372. The van der Waals surface area contributed by atoms with E-state index in [0.717, 1.165) is 11.3 Å². The number of hydrogen-bond donors (Lipinski definition) is 2. The second-order valence-corrected chi connectivity index (χ2v) is 6.33. The van der Waals surface area contributed by atoms with Gasteiger partial charge in [0.25, 0.3) is 0 Å². The molecule has 148 valence electrons. The van der Waals surface area contributed by atoms with Crippen molar-refractivity contribution in [2.24, 2.45) is 0 Å². The van der Waals surface area contributed by atoms with Crippen LogP contribution in [0.5, 0.6) is 0 Å². The maximum absolute atomic E-state index is 13.1. The molecule has 2 aromatic carbocycles. The first-order valence-electron chi connectivity index (χ1n) is 9.17. The average molecular weight is 392 g/mol. The molecule has 1 heterocycles. The van der Waals surface area contributed by atoms with Crippen molar-refractivity contribution in [1.82, 2.24) is 20.4 Å². The van der Waals surface area contributed by atoms with E-state index in [4.69, 9.17) is 0 Å². The van der Waals surface area contributed by atoms with Crippen LogP contribution in [-0.2, 0) is 16.0 Å². The van der Waals surface area contributed by atoms with Gasteiger partial charge in [0.2, 0.25) is 11.8 Å². The zero-order valence-electron chi connectivity index (χ0n) is 15.7. The summed E-state index contributed by atoms with van der Waals surface area (Å²) >= 11 is 0. The number of aromatic nitrogens is 2. The minimum absolute atomic E-state index is 0.0943. The predicted octanol–water partition coefficient (Wildman–Crippen LogP) is 2.50. The molecule has 0 aliphatic heterocycles. The second kappa shape index (κ2) is 9.98. The first-order valence-corrected chi connectivity index (χ1v) is 9.17. The highest BCUT2D eigenvalue weighted by atomic mass is 19.1. The number of nitrogens with one attached hydrogen (secondary N) is 2. The van der Waals surface area contributed by atoms with E-state index < -0.39 is 0 Å². The fraction of sp³-hybridized carbons (Fsp3) is 0.136. The summed E-state index contributed by atoms with van der Waals surface area (Å²) in [5, 5.41) is 9.64. The molecule has 0 aliphatic rings. The molecule has 0 saturated carbocycles. The van der Waals surface area contributed by atoms with E-state index in [-0.39, 0.29) is 24.1 Å². The molecule has 1 aromatic heterocycles. The smallest absolute Gasteiger partial charge is 0.244 e. The number of benzene rings is 2. The van der Waals surface area contributed by atoms with Crippen molar-refractivity contribution in [1.29, 1.82) is 0 Å². The summed E-state index contributed by atoms with van der Waals surface area (Å²) < 4.78 is 14.8. The van der Waals surface area contributed by atoms with Crippen molar-refractivity contribution in [2.75, 3.05) is 13.1 Å². The van der Waals surface area contributed by atoms with Gasteiger partial charge in [-0.2, -0.15) is 5.10 Å². The third-order valence-electron chi connectivity index (χ3n) is 4.05. The van der Waals surface area contributed by atoms with E-state index in [1.807, 2.05) is 36.5 Å². The van der Waals surface area contributed by atoms with Gasteiger partial charge in [-0.1, -0.05) is 30.3 Å². The van der Waals surface area contributed by atoms with Gasteiger partial charge < -0.3 is 10.6 Å².